The van der Waals surface area contributed by atoms with E-state index in [2.05, 4.69) is 0 Å². The van der Waals surface area contributed by atoms with Gasteiger partial charge < -0.3 is 9.47 Å². The van der Waals surface area contributed by atoms with Gasteiger partial charge in [0.05, 0.1) is 16.6 Å². The summed E-state index contributed by atoms with van der Waals surface area (Å²) in [6, 6.07) is 3.18. The highest BCUT2D eigenvalue weighted by Crippen LogP contribution is 2.14. The van der Waals surface area contributed by atoms with Gasteiger partial charge in [0.1, 0.15) is 0 Å². The molecular formula is C12H16F2O3S. The first-order valence-corrected chi connectivity index (χ1v) is 6.97. The number of rotatable bonds is 7. The first-order chi connectivity index (χ1) is 8.58. The molecule has 1 atom stereocenters. The van der Waals surface area contributed by atoms with Gasteiger partial charge in [-0.15, -0.1) is 0 Å². The van der Waals surface area contributed by atoms with E-state index in [9.17, 15) is 13.0 Å². The van der Waals surface area contributed by atoms with Gasteiger partial charge in [0.15, 0.2) is 17.9 Å². The summed E-state index contributed by atoms with van der Waals surface area (Å²) in [5.41, 5.74) is 0. The molecule has 1 rings (SSSR count). The van der Waals surface area contributed by atoms with Crippen LogP contribution < -0.4 is 0 Å². The van der Waals surface area contributed by atoms with E-state index < -0.39 is 28.7 Å². The highest BCUT2D eigenvalue weighted by molar-refractivity contribution is 7.85. The molecule has 0 aliphatic rings. The van der Waals surface area contributed by atoms with Gasteiger partial charge in [-0.2, -0.15) is 0 Å². The summed E-state index contributed by atoms with van der Waals surface area (Å²) >= 11 is 0. The molecule has 0 fully saturated rings. The van der Waals surface area contributed by atoms with E-state index in [1.165, 1.54) is 6.07 Å². The van der Waals surface area contributed by atoms with E-state index in [-0.39, 0.29) is 10.6 Å². The first kappa shape index (κ1) is 15.2. The summed E-state index contributed by atoms with van der Waals surface area (Å²) < 4.78 is 48.2. The summed E-state index contributed by atoms with van der Waals surface area (Å²) in [5, 5.41) is 0. The van der Waals surface area contributed by atoms with Gasteiger partial charge in [-0.3, -0.25) is 4.21 Å². The predicted molar refractivity (Wildman–Crippen MR) is 64.7 cm³/mol. The van der Waals surface area contributed by atoms with E-state index >= 15 is 0 Å². The number of halogens is 2. The second-order valence-corrected chi connectivity index (χ2v) is 4.92. The van der Waals surface area contributed by atoms with Gasteiger partial charge in [0.2, 0.25) is 0 Å². The molecule has 0 bridgehead atoms. The van der Waals surface area contributed by atoms with Crippen LogP contribution in [0.2, 0.25) is 0 Å². The Hall–Kier alpha value is -0.850. The summed E-state index contributed by atoms with van der Waals surface area (Å²) in [6.07, 6.45) is -0.603. The maximum atomic E-state index is 13.0. The maximum Gasteiger partial charge on any atom is 0.169 e. The number of hydrogen-bond donors (Lipinski definition) is 0. The molecule has 0 radical (unpaired) electrons. The van der Waals surface area contributed by atoms with E-state index in [0.717, 1.165) is 12.1 Å². The third kappa shape index (κ3) is 4.44. The van der Waals surface area contributed by atoms with Crippen molar-refractivity contribution < 1.29 is 22.5 Å². The Kier molecular flexibility index (Phi) is 6.38. The molecule has 102 valence electrons. The Morgan fingerprint density at radius 3 is 2.28 bits per heavy atom. The minimum atomic E-state index is -1.49. The van der Waals surface area contributed by atoms with Crippen LogP contribution in [0.5, 0.6) is 0 Å². The van der Waals surface area contributed by atoms with Gasteiger partial charge in [0.25, 0.3) is 0 Å². The van der Waals surface area contributed by atoms with E-state index in [1.807, 2.05) is 0 Å². The third-order valence-electron chi connectivity index (χ3n) is 2.15. The van der Waals surface area contributed by atoms with E-state index in [1.54, 1.807) is 13.8 Å². The van der Waals surface area contributed by atoms with Crippen molar-refractivity contribution in [3.05, 3.63) is 29.8 Å². The molecule has 0 saturated heterocycles. The number of ether oxygens (including phenoxy) is 2. The average molecular weight is 278 g/mol. The van der Waals surface area contributed by atoms with Gasteiger partial charge in [0, 0.05) is 18.1 Å². The topological polar surface area (TPSA) is 35.5 Å². The lowest BCUT2D eigenvalue weighted by atomic mass is 10.3. The quantitative estimate of drug-likeness (QED) is 0.719. The van der Waals surface area contributed by atoms with Crippen LogP contribution in [0.3, 0.4) is 0 Å². The fourth-order valence-corrected chi connectivity index (χ4v) is 2.44. The van der Waals surface area contributed by atoms with Crippen molar-refractivity contribution in [3.63, 3.8) is 0 Å². The monoisotopic (exact) mass is 278 g/mol. The molecule has 0 N–H and O–H groups in total. The zero-order chi connectivity index (χ0) is 13.5. The van der Waals surface area contributed by atoms with Gasteiger partial charge in [-0.25, -0.2) is 8.78 Å². The van der Waals surface area contributed by atoms with E-state index in [4.69, 9.17) is 9.47 Å². The molecule has 0 amide bonds. The van der Waals surface area contributed by atoms with Crippen LogP contribution in [0.15, 0.2) is 23.1 Å². The smallest absolute Gasteiger partial charge is 0.169 e. The molecule has 0 aliphatic carbocycles. The van der Waals surface area contributed by atoms with Gasteiger partial charge in [-0.1, -0.05) is 0 Å². The fraction of sp³-hybridized carbons (Fsp3) is 0.500. The van der Waals surface area contributed by atoms with E-state index in [0.29, 0.717) is 13.2 Å². The molecule has 6 heteroatoms. The lowest BCUT2D eigenvalue weighted by Gasteiger charge is -2.16. The summed E-state index contributed by atoms with van der Waals surface area (Å²) in [7, 11) is -1.49. The zero-order valence-corrected chi connectivity index (χ0v) is 11.1. The van der Waals surface area contributed by atoms with Crippen LogP contribution in [0.4, 0.5) is 8.78 Å². The SMILES string of the molecule is CCOC(CS(=O)c1ccc(F)c(F)c1)OCC. The highest BCUT2D eigenvalue weighted by Gasteiger charge is 2.15. The average Bonchev–Trinajstić information content (AvgIpc) is 2.33. The molecule has 0 aliphatic heterocycles. The first-order valence-electron chi connectivity index (χ1n) is 5.65. The second-order valence-electron chi connectivity index (χ2n) is 3.43. The molecular weight excluding hydrogens is 262 g/mol. The summed E-state index contributed by atoms with van der Waals surface area (Å²) in [4.78, 5) is 0.221. The van der Waals surface area contributed by atoms with Gasteiger partial charge in [-0.05, 0) is 32.0 Å². The Morgan fingerprint density at radius 2 is 1.78 bits per heavy atom. The normalized spacial score (nSPS) is 12.9. The Balaban J connectivity index is 2.70. The third-order valence-corrected chi connectivity index (χ3v) is 3.50. The van der Waals surface area contributed by atoms with Gasteiger partial charge >= 0.3 is 0 Å². The lowest BCUT2D eigenvalue weighted by molar-refractivity contribution is -0.120. The molecule has 0 saturated carbocycles. The Labute approximate surface area is 108 Å². The molecule has 18 heavy (non-hydrogen) atoms. The number of hydrogen-bond acceptors (Lipinski definition) is 3. The molecule has 3 nitrogen and oxygen atoms in total. The van der Waals surface area contributed by atoms with Crippen molar-refractivity contribution in [2.75, 3.05) is 19.0 Å². The van der Waals surface area contributed by atoms with Crippen molar-refractivity contribution in [2.45, 2.75) is 25.0 Å². The highest BCUT2D eigenvalue weighted by atomic mass is 32.2. The Bertz CT molecular complexity index is 406. The van der Waals surface area contributed by atoms with Crippen molar-refractivity contribution >= 4 is 10.8 Å². The molecule has 1 aromatic rings. The summed E-state index contributed by atoms with van der Waals surface area (Å²) in [6.45, 7) is 4.46. The Morgan fingerprint density at radius 1 is 1.17 bits per heavy atom. The molecule has 0 heterocycles. The largest absolute Gasteiger partial charge is 0.352 e. The van der Waals surface area contributed by atoms with Crippen LogP contribution in [-0.2, 0) is 20.3 Å². The van der Waals surface area contributed by atoms with Crippen molar-refractivity contribution in [1.29, 1.82) is 0 Å². The van der Waals surface area contributed by atoms with Crippen LogP contribution in [0.1, 0.15) is 13.8 Å². The lowest BCUT2D eigenvalue weighted by Crippen LogP contribution is -2.24. The fourth-order valence-electron chi connectivity index (χ4n) is 1.35. The number of benzene rings is 1. The molecule has 1 unspecified atom stereocenters. The van der Waals surface area contributed by atoms with Crippen LogP contribution >= 0.6 is 0 Å². The minimum absolute atomic E-state index is 0.0900. The standard InChI is InChI=1S/C12H16F2O3S/c1-3-16-12(17-4-2)8-18(15)9-5-6-10(13)11(14)7-9/h5-7,12H,3-4,8H2,1-2H3. The van der Waals surface area contributed by atoms with Crippen molar-refractivity contribution in [1.82, 2.24) is 0 Å². The molecule has 0 aromatic heterocycles. The van der Waals surface area contributed by atoms with Crippen LogP contribution in [-0.4, -0.2) is 29.5 Å². The van der Waals surface area contributed by atoms with Crippen molar-refractivity contribution in [3.8, 4) is 0 Å². The molecule has 1 aromatic carbocycles. The zero-order valence-electron chi connectivity index (χ0n) is 10.3. The summed E-state index contributed by atoms with van der Waals surface area (Å²) in [5.74, 6) is -1.88. The predicted octanol–water partition coefficient (Wildman–Crippen LogP) is 2.47. The maximum absolute atomic E-state index is 13.0. The molecule has 0 spiro atoms. The second kappa shape index (κ2) is 7.56. The van der Waals surface area contributed by atoms with Crippen molar-refractivity contribution in [2.24, 2.45) is 0 Å². The minimum Gasteiger partial charge on any atom is -0.352 e. The van der Waals surface area contributed by atoms with Crippen LogP contribution in [0.25, 0.3) is 0 Å². The van der Waals surface area contributed by atoms with Crippen LogP contribution in [0, 0.1) is 11.6 Å².